The van der Waals surface area contributed by atoms with Gasteiger partial charge >= 0.3 is 0 Å². The van der Waals surface area contributed by atoms with E-state index in [-0.39, 0.29) is 0 Å². The number of nitrogens with zero attached hydrogens (tertiary/aromatic N) is 4. The largest absolute Gasteiger partial charge is 0.376 e. The van der Waals surface area contributed by atoms with E-state index in [0.29, 0.717) is 6.10 Å². The summed E-state index contributed by atoms with van der Waals surface area (Å²) in [5, 5.41) is 8.46. The van der Waals surface area contributed by atoms with Crippen molar-refractivity contribution >= 4 is 16.9 Å². The van der Waals surface area contributed by atoms with Crippen molar-refractivity contribution in [2.45, 2.75) is 38.2 Å². The van der Waals surface area contributed by atoms with Crippen molar-refractivity contribution in [1.82, 2.24) is 19.7 Å². The number of aromatic nitrogens is 4. The van der Waals surface area contributed by atoms with E-state index in [1.165, 1.54) is 32.1 Å². The lowest BCUT2D eigenvalue weighted by Gasteiger charge is -2.22. The van der Waals surface area contributed by atoms with Gasteiger partial charge in [0, 0.05) is 13.6 Å². The zero-order valence-corrected chi connectivity index (χ0v) is 11.9. The Hall–Kier alpha value is -1.69. The highest BCUT2D eigenvalue weighted by Crippen LogP contribution is 2.20. The van der Waals surface area contributed by atoms with Crippen LogP contribution in [0.2, 0.25) is 0 Å². The number of hydrogen-bond donors (Lipinski definition) is 1. The Bertz CT molecular complexity index is 562. The molecule has 0 aliphatic heterocycles. The zero-order chi connectivity index (χ0) is 13.8. The molecule has 6 nitrogen and oxygen atoms in total. The van der Waals surface area contributed by atoms with Crippen molar-refractivity contribution in [2.24, 2.45) is 7.05 Å². The molecule has 0 atom stereocenters. The van der Waals surface area contributed by atoms with Gasteiger partial charge in [0.1, 0.15) is 12.1 Å². The summed E-state index contributed by atoms with van der Waals surface area (Å²) in [6.07, 6.45) is 10.2. The van der Waals surface area contributed by atoms with Crippen molar-refractivity contribution in [3.63, 3.8) is 0 Å². The fourth-order valence-electron chi connectivity index (χ4n) is 2.73. The number of hydrogen-bond acceptors (Lipinski definition) is 5. The smallest absolute Gasteiger partial charge is 0.163 e. The quantitative estimate of drug-likeness (QED) is 0.847. The summed E-state index contributed by atoms with van der Waals surface area (Å²) in [6, 6.07) is 0. The lowest BCUT2D eigenvalue weighted by Crippen LogP contribution is -2.20. The third-order valence-electron chi connectivity index (χ3n) is 3.83. The van der Waals surface area contributed by atoms with Crippen LogP contribution in [0.3, 0.4) is 0 Å². The summed E-state index contributed by atoms with van der Waals surface area (Å²) in [7, 11) is 1.88. The molecule has 0 aromatic carbocycles. The lowest BCUT2D eigenvalue weighted by molar-refractivity contribution is 0.0347. The molecule has 108 valence electrons. The van der Waals surface area contributed by atoms with Crippen LogP contribution in [0.1, 0.15) is 32.1 Å². The molecule has 1 fully saturated rings. The molecule has 0 amide bonds. The molecule has 20 heavy (non-hydrogen) atoms. The Morgan fingerprint density at radius 3 is 3.00 bits per heavy atom. The van der Waals surface area contributed by atoms with Crippen molar-refractivity contribution in [2.75, 3.05) is 18.5 Å². The Morgan fingerprint density at radius 2 is 2.15 bits per heavy atom. The highest BCUT2D eigenvalue weighted by Gasteiger charge is 2.13. The van der Waals surface area contributed by atoms with Crippen LogP contribution in [-0.4, -0.2) is 39.0 Å². The van der Waals surface area contributed by atoms with E-state index in [9.17, 15) is 0 Å². The van der Waals surface area contributed by atoms with Gasteiger partial charge < -0.3 is 10.1 Å². The number of rotatable bonds is 5. The van der Waals surface area contributed by atoms with Gasteiger partial charge in [0.25, 0.3) is 0 Å². The van der Waals surface area contributed by atoms with Gasteiger partial charge in [-0.1, -0.05) is 19.3 Å². The van der Waals surface area contributed by atoms with Crippen molar-refractivity contribution in [3.8, 4) is 0 Å². The first-order chi connectivity index (χ1) is 9.84. The van der Waals surface area contributed by atoms with Crippen LogP contribution in [0.5, 0.6) is 0 Å². The van der Waals surface area contributed by atoms with Crippen LogP contribution in [-0.2, 0) is 11.8 Å². The molecule has 1 aliphatic carbocycles. The monoisotopic (exact) mass is 275 g/mol. The van der Waals surface area contributed by atoms with Gasteiger partial charge in [0.05, 0.1) is 24.3 Å². The second-order valence-electron chi connectivity index (χ2n) is 5.29. The average Bonchev–Trinajstić information content (AvgIpc) is 2.87. The first-order valence-electron chi connectivity index (χ1n) is 7.33. The van der Waals surface area contributed by atoms with Gasteiger partial charge in [-0.2, -0.15) is 5.10 Å². The molecule has 2 heterocycles. The van der Waals surface area contributed by atoms with E-state index in [2.05, 4.69) is 20.4 Å². The maximum atomic E-state index is 5.90. The predicted molar refractivity (Wildman–Crippen MR) is 77.6 cm³/mol. The number of fused-ring (bicyclic) bond motifs is 1. The van der Waals surface area contributed by atoms with Gasteiger partial charge in [-0.15, -0.1) is 0 Å². The van der Waals surface area contributed by atoms with Gasteiger partial charge in [-0.3, -0.25) is 4.68 Å². The Kier molecular flexibility index (Phi) is 4.11. The van der Waals surface area contributed by atoms with Crippen LogP contribution in [0.15, 0.2) is 12.5 Å². The molecule has 1 aliphatic rings. The third kappa shape index (κ3) is 2.90. The highest BCUT2D eigenvalue weighted by atomic mass is 16.5. The number of ether oxygens (including phenoxy) is 1. The number of nitrogens with one attached hydrogen (secondary N) is 1. The van der Waals surface area contributed by atoms with E-state index < -0.39 is 0 Å². The molecule has 0 unspecified atom stereocenters. The first-order valence-corrected chi connectivity index (χ1v) is 7.33. The van der Waals surface area contributed by atoms with E-state index in [0.717, 1.165) is 30.0 Å². The first kappa shape index (κ1) is 13.3. The van der Waals surface area contributed by atoms with Crippen molar-refractivity contribution in [3.05, 3.63) is 12.5 Å². The van der Waals surface area contributed by atoms with Crippen LogP contribution in [0.4, 0.5) is 5.82 Å². The minimum Gasteiger partial charge on any atom is -0.376 e. The molecule has 1 saturated carbocycles. The minimum absolute atomic E-state index is 0.453. The maximum Gasteiger partial charge on any atom is 0.163 e. The van der Waals surface area contributed by atoms with E-state index in [4.69, 9.17) is 4.74 Å². The lowest BCUT2D eigenvalue weighted by atomic mass is 9.98. The molecular formula is C14H21N5O. The second kappa shape index (κ2) is 6.17. The highest BCUT2D eigenvalue weighted by molar-refractivity contribution is 5.85. The fraction of sp³-hybridized carbons (Fsp3) is 0.643. The Morgan fingerprint density at radius 1 is 1.30 bits per heavy atom. The SMILES string of the molecule is Cn1ncc2c(NCCOC3CCCCC3)ncnc21. The van der Waals surface area contributed by atoms with Gasteiger partial charge in [-0.05, 0) is 12.8 Å². The summed E-state index contributed by atoms with van der Waals surface area (Å²) in [5.74, 6) is 0.829. The normalized spacial score (nSPS) is 16.6. The van der Waals surface area contributed by atoms with Gasteiger partial charge in [-0.25, -0.2) is 9.97 Å². The second-order valence-corrected chi connectivity index (χ2v) is 5.29. The van der Waals surface area contributed by atoms with Crippen LogP contribution in [0.25, 0.3) is 11.0 Å². The molecule has 0 spiro atoms. The summed E-state index contributed by atoms with van der Waals surface area (Å²) < 4.78 is 7.65. The van der Waals surface area contributed by atoms with Gasteiger partial charge in [0.15, 0.2) is 5.65 Å². The predicted octanol–water partition coefficient (Wildman–Crippen LogP) is 2.12. The molecule has 2 aromatic rings. The van der Waals surface area contributed by atoms with Gasteiger partial charge in [0.2, 0.25) is 0 Å². The van der Waals surface area contributed by atoms with Crippen molar-refractivity contribution in [1.29, 1.82) is 0 Å². The fourth-order valence-corrected chi connectivity index (χ4v) is 2.73. The molecule has 6 heteroatoms. The minimum atomic E-state index is 0.453. The van der Waals surface area contributed by atoms with Crippen molar-refractivity contribution < 1.29 is 4.74 Å². The Labute approximate surface area is 118 Å². The number of anilines is 1. The molecule has 1 N–H and O–H groups in total. The van der Waals surface area contributed by atoms with E-state index in [1.807, 2.05) is 7.05 Å². The zero-order valence-electron chi connectivity index (χ0n) is 11.9. The third-order valence-corrected chi connectivity index (χ3v) is 3.83. The topological polar surface area (TPSA) is 64.9 Å². The van der Waals surface area contributed by atoms with Crippen LogP contribution < -0.4 is 5.32 Å². The summed E-state index contributed by atoms with van der Waals surface area (Å²) in [4.78, 5) is 8.49. The van der Waals surface area contributed by atoms with Crippen LogP contribution >= 0.6 is 0 Å². The Balaban J connectivity index is 1.52. The molecule has 0 saturated heterocycles. The van der Waals surface area contributed by atoms with E-state index in [1.54, 1.807) is 17.2 Å². The number of aryl methyl sites for hydroxylation is 1. The maximum absolute atomic E-state index is 5.90. The average molecular weight is 275 g/mol. The molecule has 2 aromatic heterocycles. The summed E-state index contributed by atoms with van der Waals surface area (Å²) in [6.45, 7) is 1.48. The molecular weight excluding hydrogens is 254 g/mol. The molecule has 0 radical (unpaired) electrons. The summed E-state index contributed by atoms with van der Waals surface area (Å²) in [5.41, 5.74) is 0.843. The standard InChI is InChI=1S/C14H21N5O/c1-19-14-12(9-18-19)13(16-10-17-14)15-7-8-20-11-5-3-2-4-6-11/h9-11H,2-8H2,1H3,(H,15,16,17). The molecule has 3 rings (SSSR count). The van der Waals surface area contributed by atoms with E-state index >= 15 is 0 Å². The summed E-state index contributed by atoms with van der Waals surface area (Å²) >= 11 is 0. The van der Waals surface area contributed by atoms with Crippen LogP contribution in [0, 0.1) is 0 Å². The molecule has 0 bridgehead atoms.